The quantitative estimate of drug-likeness (QED) is 0.335. The largest absolute Gasteiger partial charge is 0.491 e. The number of hydrogen-bond acceptors (Lipinski definition) is 5. The van der Waals surface area contributed by atoms with Gasteiger partial charge in [0.1, 0.15) is 30.3 Å². The zero-order valence-corrected chi connectivity index (χ0v) is 21.5. The number of halogens is 1. The Labute approximate surface area is 225 Å². The Morgan fingerprint density at radius 3 is 2.41 bits per heavy atom. The summed E-state index contributed by atoms with van der Waals surface area (Å²) in [4.78, 5) is 41.4. The first-order valence-corrected chi connectivity index (χ1v) is 13.0. The van der Waals surface area contributed by atoms with Gasteiger partial charge >= 0.3 is 6.03 Å². The van der Waals surface area contributed by atoms with Gasteiger partial charge in [-0.3, -0.25) is 9.59 Å². The molecule has 8 nitrogen and oxygen atoms in total. The molecule has 3 N–H and O–H groups in total. The number of aliphatic hydroxyl groups is 1. The van der Waals surface area contributed by atoms with Gasteiger partial charge in [0, 0.05) is 5.92 Å². The second-order valence-electron chi connectivity index (χ2n) is 9.88. The van der Waals surface area contributed by atoms with Gasteiger partial charge in [-0.2, -0.15) is 0 Å². The lowest BCUT2D eigenvalue weighted by Gasteiger charge is -2.30. The molecule has 1 saturated heterocycles. The third-order valence-corrected chi connectivity index (χ3v) is 7.19. The molecule has 2 unspecified atom stereocenters. The lowest BCUT2D eigenvalue weighted by molar-refractivity contribution is -0.134. The summed E-state index contributed by atoms with van der Waals surface area (Å²) in [7, 11) is 0. The maximum absolute atomic E-state index is 14.9. The number of benzene rings is 3. The highest BCUT2D eigenvalue weighted by atomic mass is 19.1. The van der Waals surface area contributed by atoms with Crippen molar-refractivity contribution in [3.8, 4) is 5.75 Å². The SMILES string of the molecule is CC(c1ccccc1)C(C(=O)Nc1ccc(C2CC2)cc1F)N1C(=O)N[C@H](c2ccc(OCCO)cc2)C1=O. The molecular formula is C30H30FN3O5. The van der Waals surface area contributed by atoms with Crippen molar-refractivity contribution >= 4 is 23.5 Å². The molecule has 5 rings (SSSR count). The van der Waals surface area contributed by atoms with E-state index < -0.39 is 41.7 Å². The summed E-state index contributed by atoms with van der Waals surface area (Å²) in [6, 6.07) is 17.5. The number of nitrogens with zero attached hydrogens (tertiary/aromatic N) is 1. The summed E-state index contributed by atoms with van der Waals surface area (Å²) in [6.45, 7) is 1.75. The van der Waals surface area contributed by atoms with E-state index in [1.54, 1.807) is 37.3 Å². The molecule has 1 aliphatic carbocycles. The second-order valence-corrected chi connectivity index (χ2v) is 9.88. The van der Waals surface area contributed by atoms with Crippen LogP contribution in [-0.2, 0) is 9.59 Å². The molecule has 202 valence electrons. The molecule has 3 aromatic rings. The van der Waals surface area contributed by atoms with Crippen LogP contribution >= 0.6 is 0 Å². The highest BCUT2D eigenvalue weighted by Crippen LogP contribution is 2.41. The van der Waals surface area contributed by atoms with Gasteiger partial charge in [0.15, 0.2) is 0 Å². The normalized spacial score (nSPS) is 18.4. The van der Waals surface area contributed by atoms with Crippen LogP contribution in [0.1, 0.15) is 54.3 Å². The van der Waals surface area contributed by atoms with Crippen molar-refractivity contribution < 1.29 is 28.6 Å². The average Bonchev–Trinajstić information content (AvgIpc) is 3.76. The highest BCUT2D eigenvalue weighted by molar-refractivity contribution is 6.10. The molecule has 39 heavy (non-hydrogen) atoms. The van der Waals surface area contributed by atoms with Crippen molar-refractivity contribution in [2.24, 2.45) is 0 Å². The molecule has 1 saturated carbocycles. The number of imide groups is 1. The van der Waals surface area contributed by atoms with Crippen molar-refractivity contribution in [1.29, 1.82) is 0 Å². The molecule has 0 radical (unpaired) electrons. The van der Waals surface area contributed by atoms with Gasteiger partial charge in [-0.25, -0.2) is 14.1 Å². The van der Waals surface area contributed by atoms with Crippen LogP contribution in [-0.4, -0.2) is 47.1 Å². The zero-order chi connectivity index (χ0) is 27.5. The van der Waals surface area contributed by atoms with E-state index >= 15 is 0 Å². The predicted octanol–water partition coefficient (Wildman–Crippen LogP) is 4.48. The minimum absolute atomic E-state index is 0.00302. The summed E-state index contributed by atoms with van der Waals surface area (Å²) >= 11 is 0. The third kappa shape index (κ3) is 5.63. The lowest BCUT2D eigenvalue weighted by Crippen LogP contribution is -2.50. The number of rotatable bonds is 10. The molecule has 4 amide bonds. The van der Waals surface area contributed by atoms with E-state index in [9.17, 15) is 18.8 Å². The second kappa shape index (κ2) is 11.2. The first kappa shape index (κ1) is 26.4. The molecule has 0 bridgehead atoms. The fraction of sp³-hybridized carbons (Fsp3) is 0.300. The third-order valence-electron chi connectivity index (χ3n) is 7.19. The van der Waals surface area contributed by atoms with Crippen molar-refractivity contribution in [2.75, 3.05) is 18.5 Å². The van der Waals surface area contributed by atoms with E-state index in [4.69, 9.17) is 9.84 Å². The van der Waals surface area contributed by atoms with Crippen LogP contribution in [0.15, 0.2) is 72.8 Å². The van der Waals surface area contributed by atoms with Crippen molar-refractivity contribution in [3.05, 3.63) is 95.3 Å². The number of aliphatic hydroxyl groups excluding tert-OH is 1. The van der Waals surface area contributed by atoms with Crippen LogP contribution in [0.2, 0.25) is 0 Å². The first-order chi connectivity index (χ1) is 18.9. The minimum Gasteiger partial charge on any atom is -0.491 e. The van der Waals surface area contributed by atoms with Crippen LogP contribution in [0.4, 0.5) is 14.9 Å². The van der Waals surface area contributed by atoms with E-state index in [2.05, 4.69) is 10.6 Å². The number of nitrogens with one attached hydrogen (secondary N) is 2. The predicted molar refractivity (Wildman–Crippen MR) is 143 cm³/mol. The number of carbonyl (C=O) groups excluding carboxylic acids is 3. The van der Waals surface area contributed by atoms with E-state index in [0.29, 0.717) is 17.2 Å². The van der Waals surface area contributed by atoms with Crippen LogP contribution < -0.4 is 15.4 Å². The van der Waals surface area contributed by atoms with Crippen LogP contribution in [0.25, 0.3) is 0 Å². The monoisotopic (exact) mass is 531 g/mol. The molecular weight excluding hydrogens is 501 g/mol. The van der Waals surface area contributed by atoms with Crippen molar-refractivity contribution in [2.45, 2.75) is 43.7 Å². The standard InChI is InChI=1S/C30H30FN3O5/c1-18(19-5-3-2-4-6-19)27(28(36)32-25-14-11-22(17-24(25)31)20-7-8-20)34-29(37)26(33-30(34)38)21-9-12-23(13-10-21)39-16-15-35/h2-6,9-14,17-18,20,26-27,35H,7-8,15-16H2,1H3,(H,32,36)(H,33,38)/t18?,26-,27?/m1/s1. The summed E-state index contributed by atoms with van der Waals surface area (Å²) < 4.78 is 20.3. The van der Waals surface area contributed by atoms with E-state index in [0.717, 1.165) is 28.9 Å². The first-order valence-electron chi connectivity index (χ1n) is 13.0. The molecule has 9 heteroatoms. The summed E-state index contributed by atoms with van der Waals surface area (Å²) in [5, 5.41) is 14.2. The smallest absolute Gasteiger partial charge is 0.325 e. The van der Waals surface area contributed by atoms with Gasteiger partial charge in [-0.1, -0.05) is 55.5 Å². The van der Waals surface area contributed by atoms with E-state index in [1.807, 2.05) is 30.3 Å². The molecule has 3 aromatic carbocycles. The molecule has 2 fully saturated rings. The zero-order valence-electron chi connectivity index (χ0n) is 21.5. The molecule has 2 aliphatic rings. The summed E-state index contributed by atoms with van der Waals surface area (Å²) in [5.41, 5.74) is 2.15. The van der Waals surface area contributed by atoms with E-state index in [-0.39, 0.29) is 18.9 Å². The van der Waals surface area contributed by atoms with E-state index in [1.165, 1.54) is 12.1 Å². The number of amides is 4. The molecule has 1 heterocycles. The van der Waals surface area contributed by atoms with Gasteiger partial charge in [0.05, 0.1) is 12.3 Å². The maximum Gasteiger partial charge on any atom is 0.325 e. The van der Waals surface area contributed by atoms with Crippen LogP contribution in [0.5, 0.6) is 5.75 Å². The number of carbonyl (C=O) groups is 3. The molecule has 3 atom stereocenters. The maximum atomic E-state index is 14.9. The fourth-order valence-electron chi connectivity index (χ4n) is 4.92. The van der Waals surface area contributed by atoms with Crippen LogP contribution in [0.3, 0.4) is 0 Å². The molecule has 1 aliphatic heterocycles. The van der Waals surface area contributed by atoms with Crippen molar-refractivity contribution in [1.82, 2.24) is 10.2 Å². The molecule has 0 spiro atoms. The number of hydrogen-bond donors (Lipinski definition) is 3. The Morgan fingerprint density at radius 1 is 1.08 bits per heavy atom. The molecule has 0 aromatic heterocycles. The average molecular weight is 532 g/mol. The minimum atomic E-state index is -1.24. The summed E-state index contributed by atoms with van der Waals surface area (Å²) in [6.07, 6.45) is 2.04. The Balaban J connectivity index is 1.42. The van der Waals surface area contributed by atoms with Gasteiger partial charge < -0.3 is 20.5 Å². The van der Waals surface area contributed by atoms with Gasteiger partial charge in [-0.05, 0) is 59.7 Å². The van der Waals surface area contributed by atoms with Gasteiger partial charge in [-0.15, -0.1) is 0 Å². The Hall–Kier alpha value is -4.24. The lowest BCUT2D eigenvalue weighted by atomic mass is 9.91. The number of urea groups is 1. The number of ether oxygens (including phenoxy) is 1. The summed E-state index contributed by atoms with van der Waals surface area (Å²) in [5.74, 6) is -1.53. The highest BCUT2D eigenvalue weighted by Gasteiger charge is 2.47. The number of anilines is 1. The Bertz CT molecular complexity index is 1360. The Morgan fingerprint density at radius 2 is 1.77 bits per heavy atom. The van der Waals surface area contributed by atoms with Gasteiger partial charge in [0.25, 0.3) is 5.91 Å². The fourth-order valence-corrected chi connectivity index (χ4v) is 4.92. The van der Waals surface area contributed by atoms with Gasteiger partial charge in [0.2, 0.25) is 5.91 Å². The van der Waals surface area contributed by atoms with Crippen molar-refractivity contribution in [3.63, 3.8) is 0 Å². The van der Waals surface area contributed by atoms with Crippen LogP contribution in [0, 0.1) is 5.82 Å². The Kier molecular flexibility index (Phi) is 7.60. The topological polar surface area (TPSA) is 108 Å².